The van der Waals surface area contributed by atoms with E-state index in [0.29, 0.717) is 13.0 Å². The number of hydrogen-bond acceptors (Lipinski definition) is 4. The monoisotopic (exact) mass is 315 g/mol. The van der Waals surface area contributed by atoms with E-state index in [0.717, 1.165) is 29.0 Å². The van der Waals surface area contributed by atoms with Gasteiger partial charge in [-0.05, 0) is 62.9 Å². The predicted octanol–water partition coefficient (Wildman–Crippen LogP) is 3.93. The summed E-state index contributed by atoms with van der Waals surface area (Å²) in [7, 11) is 0. The third kappa shape index (κ3) is 5.25. The Labute approximate surface area is 138 Å². The molecule has 0 fully saturated rings. The Morgan fingerprint density at radius 2 is 2.00 bits per heavy atom. The largest absolute Gasteiger partial charge is 0.490 e. The van der Waals surface area contributed by atoms with Crippen LogP contribution in [0.15, 0.2) is 42.7 Å². The number of aliphatic hydroxyl groups is 1. The molecule has 1 atom stereocenters. The van der Waals surface area contributed by atoms with Crippen LogP contribution >= 0.6 is 0 Å². The van der Waals surface area contributed by atoms with Crippen LogP contribution in [0.1, 0.15) is 44.4 Å². The molecule has 0 aliphatic rings. The molecule has 0 amide bonds. The Kier molecular flexibility index (Phi) is 6.41. The van der Waals surface area contributed by atoms with Gasteiger partial charge < -0.3 is 14.6 Å². The van der Waals surface area contributed by atoms with Gasteiger partial charge in [0.2, 0.25) is 0 Å². The van der Waals surface area contributed by atoms with E-state index in [1.54, 1.807) is 12.4 Å². The van der Waals surface area contributed by atoms with Gasteiger partial charge in [0, 0.05) is 12.4 Å². The van der Waals surface area contributed by atoms with E-state index in [4.69, 9.17) is 9.47 Å². The number of benzene rings is 1. The van der Waals surface area contributed by atoms with Gasteiger partial charge in [0.05, 0.1) is 18.8 Å². The van der Waals surface area contributed by atoms with Crippen LogP contribution in [-0.4, -0.2) is 22.8 Å². The van der Waals surface area contributed by atoms with Gasteiger partial charge in [-0.25, -0.2) is 0 Å². The minimum atomic E-state index is -0.508. The maximum absolute atomic E-state index is 10.2. The van der Waals surface area contributed by atoms with Crippen molar-refractivity contribution < 1.29 is 14.6 Å². The zero-order valence-electron chi connectivity index (χ0n) is 14.0. The second-order valence-electron chi connectivity index (χ2n) is 5.72. The first-order valence-electron chi connectivity index (χ1n) is 8.10. The molecule has 124 valence electrons. The molecule has 1 unspecified atom stereocenters. The molecule has 2 rings (SSSR count). The molecule has 23 heavy (non-hydrogen) atoms. The number of pyridine rings is 1. The van der Waals surface area contributed by atoms with Crippen molar-refractivity contribution in [2.75, 3.05) is 6.61 Å². The van der Waals surface area contributed by atoms with Crippen molar-refractivity contribution in [1.29, 1.82) is 0 Å². The highest BCUT2D eigenvalue weighted by molar-refractivity contribution is 5.43. The normalized spacial score (nSPS) is 12.2. The zero-order chi connectivity index (χ0) is 16.7. The van der Waals surface area contributed by atoms with Gasteiger partial charge in [0.15, 0.2) is 11.5 Å². The topological polar surface area (TPSA) is 51.6 Å². The predicted molar refractivity (Wildman–Crippen MR) is 90.9 cm³/mol. The molecule has 4 nitrogen and oxygen atoms in total. The lowest BCUT2D eigenvalue weighted by Gasteiger charge is -2.16. The SMILES string of the molecule is CCOc1cc(CCC(O)c2cccnc2)ccc1OC(C)C. The lowest BCUT2D eigenvalue weighted by Crippen LogP contribution is -2.08. The van der Waals surface area contributed by atoms with Gasteiger partial charge in [-0.2, -0.15) is 0 Å². The van der Waals surface area contributed by atoms with Gasteiger partial charge >= 0.3 is 0 Å². The molecule has 1 aromatic carbocycles. The standard InChI is InChI=1S/C19H25NO3/c1-4-22-19-12-15(8-10-18(19)23-14(2)3)7-9-17(21)16-6-5-11-20-13-16/h5-6,8,10-14,17,21H,4,7,9H2,1-3H3. The third-order valence-electron chi connectivity index (χ3n) is 3.45. The molecule has 0 saturated heterocycles. The molecular weight excluding hydrogens is 290 g/mol. The summed E-state index contributed by atoms with van der Waals surface area (Å²) in [6.45, 7) is 6.54. The molecule has 0 aliphatic carbocycles. The number of hydrogen-bond donors (Lipinski definition) is 1. The van der Waals surface area contributed by atoms with E-state index in [-0.39, 0.29) is 6.10 Å². The summed E-state index contributed by atoms with van der Waals surface area (Å²) in [5.74, 6) is 1.52. The van der Waals surface area contributed by atoms with Gasteiger partial charge in [-0.1, -0.05) is 12.1 Å². The van der Waals surface area contributed by atoms with Crippen molar-refractivity contribution in [3.63, 3.8) is 0 Å². The lowest BCUT2D eigenvalue weighted by molar-refractivity contribution is 0.167. The summed E-state index contributed by atoms with van der Waals surface area (Å²) in [5.41, 5.74) is 1.96. The smallest absolute Gasteiger partial charge is 0.161 e. The first-order valence-corrected chi connectivity index (χ1v) is 8.10. The van der Waals surface area contributed by atoms with E-state index < -0.39 is 6.10 Å². The van der Waals surface area contributed by atoms with Gasteiger partial charge in [-0.15, -0.1) is 0 Å². The molecule has 1 N–H and O–H groups in total. The van der Waals surface area contributed by atoms with Crippen molar-refractivity contribution in [3.8, 4) is 11.5 Å². The molecule has 0 aliphatic heterocycles. The van der Waals surface area contributed by atoms with Crippen LogP contribution in [0.5, 0.6) is 11.5 Å². The average Bonchev–Trinajstić information content (AvgIpc) is 2.55. The van der Waals surface area contributed by atoms with E-state index in [1.165, 1.54) is 0 Å². The van der Waals surface area contributed by atoms with E-state index in [9.17, 15) is 5.11 Å². The molecule has 4 heteroatoms. The van der Waals surface area contributed by atoms with E-state index >= 15 is 0 Å². The maximum atomic E-state index is 10.2. The molecule has 0 spiro atoms. The van der Waals surface area contributed by atoms with Gasteiger partial charge in [0.1, 0.15) is 0 Å². The number of aromatic nitrogens is 1. The number of ether oxygens (including phenoxy) is 2. The Balaban J connectivity index is 2.03. The average molecular weight is 315 g/mol. The second-order valence-corrected chi connectivity index (χ2v) is 5.72. The molecule has 0 saturated carbocycles. The second kappa shape index (κ2) is 8.53. The Hall–Kier alpha value is -2.07. The van der Waals surface area contributed by atoms with Crippen molar-refractivity contribution in [3.05, 3.63) is 53.9 Å². The zero-order valence-corrected chi connectivity index (χ0v) is 14.0. The Bertz CT molecular complexity index is 599. The summed E-state index contributed by atoms with van der Waals surface area (Å²) in [5, 5.41) is 10.2. The first kappa shape index (κ1) is 17.3. The molecule has 2 aromatic rings. The fraction of sp³-hybridized carbons (Fsp3) is 0.421. The summed E-state index contributed by atoms with van der Waals surface area (Å²) in [6, 6.07) is 9.69. The fourth-order valence-electron chi connectivity index (χ4n) is 2.37. The molecule has 0 bridgehead atoms. The number of aliphatic hydroxyl groups excluding tert-OH is 1. The van der Waals surface area contributed by atoms with Crippen LogP contribution in [0.3, 0.4) is 0 Å². The van der Waals surface area contributed by atoms with E-state index in [1.807, 2.05) is 51.1 Å². The van der Waals surface area contributed by atoms with Crippen LogP contribution in [0.4, 0.5) is 0 Å². The first-order chi connectivity index (χ1) is 11.1. The molecule has 0 radical (unpaired) electrons. The summed E-state index contributed by atoms with van der Waals surface area (Å²) in [4.78, 5) is 4.04. The van der Waals surface area contributed by atoms with Crippen LogP contribution < -0.4 is 9.47 Å². The Morgan fingerprint density at radius 3 is 2.65 bits per heavy atom. The number of rotatable bonds is 8. The van der Waals surface area contributed by atoms with Crippen molar-refractivity contribution in [1.82, 2.24) is 4.98 Å². The van der Waals surface area contributed by atoms with Crippen molar-refractivity contribution >= 4 is 0 Å². The van der Waals surface area contributed by atoms with Crippen molar-refractivity contribution in [2.45, 2.75) is 45.8 Å². The highest BCUT2D eigenvalue weighted by Crippen LogP contribution is 2.30. The van der Waals surface area contributed by atoms with Crippen LogP contribution in [0.2, 0.25) is 0 Å². The maximum Gasteiger partial charge on any atom is 0.161 e. The number of aryl methyl sites for hydroxylation is 1. The van der Waals surface area contributed by atoms with Crippen LogP contribution in [-0.2, 0) is 6.42 Å². The fourth-order valence-corrected chi connectivity index (χ4v) is 2.37. The molecule has 1 aromatic heterocycles. The van der Waals surface area contributed by atoms with Crippen LogP contribution in [0, 0.1) is 0 Å². The number of nitrogens with zero attached hydrogens (tertiary/aromatic N) is 1. The third-order valence-corrected chi connectivity index (χ3v) is 3.45. The van der Waals surface area contributed by atoms with Gasteiger partial charge in [-0.3, -0.25) is 4.98 Å². The summed E-state index contributed by atoms with van der Waals surface area (Å²) in [6.07, 6.45) is 4.41. The molecular formula is C19H25NO3. The quantitative estimate of drug-likeness (QED) is 0.802. The summed E-state index contributed by atoms with van der Waals surface area (Å²) >= 11 is 0. The highest BCUT2D eigenvalue weighted by Gasteiger charge is 2.11. The van der Waals surface area contributed by atoms with E-state index in [2.05, 4.69) is 4.98 Å². The van der Waals surface area contributed by atoms with Gasteiger partial charge in [0.25, 0.3) is 0 Å². The lowest BCUT2D eigenvalue weighted by atomic mass is 10.0. The molecule has 1 heterocycles. The van der Waals surface area contributed by atoms with Crippen molar-refractivity contribution in [2.24, 2.45) is 0 Å². The minimum Gasteiger partial charge on any atom is -0.490 e. The van der Waals surface area contributed by atoms with Crippen LogP contribution in [0.25, 0.3) is 0 Å². The highest BCUT2D eigenvalue weighted by atomic mass is 16.5. The summed E-state index contributed by atoms with van der Waals surface area (Å²) < 4.78 is 11.4. The minimum absolute atomic E-state index is 0.104. The Morgan fingerprint density at radius 1 is 1.17 bits per heavy atom.